The summed E-state index contributed by atoms with van der Waals surface area (Å²) < 4.78 is 4.93. The predicted molar refractivity (Wildman–Crippen MR) is 85.3 cm³/mol. The molecule has 0 bridgehead atoms. The maximum absolute atomic E-state index is 12.0. The van der Waals surface area contributed by atoms with Crippen molar-refractivity contribution in [3.05, 3.63) is 11.6 Å². The average molecular weight is 308 g/mol. The van der Waals surface area contributed by atoms with E-state index < -0.39 is 0 Å². The second-order valence-electron chi connectivity index (χ2n) is 6.24. The number of rotatable bonds is 9. The van der Waals surface area contributed by atoms with E-state index in [2.05, 4.69) is 16.7 Å². The van der Waals surface area contributed by atoms with Crippen LogP contribution in [-0.2, 0) is 14.3 Å². The first-order valence-electron chi connectivity index (χ1n) is 8.44. The zero-order valence-corrected chi connectivity index (χ0v) is 13.5. The minimum absolute atomic E-state index is 0.00578. The summed E-state index contributed by atoms with van der Waals surface area (Å²) in [5.74, 6) is -0.209. The first kappa shape index (κ1) is 17.0. The lowest BCUT2D eigenvalue weighted by Gasteiger charge is -2.12. The molecule has 2 atom stereocenters. The van der Waals surface area contributed by atoms with Crippen molar-refractivity contribution >= 4 is 11.8 Å². The molecule has 0 saturated heterocycles. The molecule has 1 fully saturated rings. The second-order valence-corrected chi connectivity index (χ2v) is 6.24. The molecular formula is C17H28N2O3. The molecule has 2 unspecified atom stereocenters. The van der Waals surface area contributed by atoms with Gasteiger partial charge in [-0.05, 0) is 44.9 Å². The van der Waals surface area contributed by atoms with Crippen LogP contribution in [0.1, 0.15) is 44.9 Å². The summed E-state index contributed by atoms with van der Waals surface area (Å²) in [4.78, 5) is 23.9. The van der Waals surface area contributed by atoms with Gasteiger partial charge >= 0.3 is 0 Å². The van der Waals surface area contributed by atoms with Gasteiger partial charge in [0.25, 0.3) is 0 Å². The van der Waals surface area contributed by atoms with Gasteiger partial charge in [-0.3, -0.25) is 9.59 Å². The third kappa shape index (κ3) is 5.44. The highest BCUT2D eigenvalue weighted by Gasteiger charge is 2.47. The fraction of sp³-hybridized carbons (Fsp3) is 0.765. The number of nitrogens with one attached hydrogen (secondary N) is 2. The number of allylic oxidation sites excluding steroid dienone is 1. The first-order chi connectivity index (χ1) is 10.7. The van der Waals surface area contributed by atoms with Crippen molar-refractivity contribution in [1.29, 1.82) is 0 Å². The smallest absolute Gasteiger partial charge is 0.223 e. The van der Waals surface area contributed by atoms with Crippen molar-refractivity contribution < 1.29 is 14.3 Å². The van der Waals surface area contributed by atoms with Crippen LogP contribution in [0, 0.1) is 11.8 Å². The van der Waals surface area contributed by atoms with E-state index in [4.69, 9.17) is 4.74 Å². The van der Waals surface area contributed by atoms with Gasteiger partial charge in [-0.15, -0.1) is 0 Å². The number of hydrogen-bond acceptors (Lipinski definition) is 3. The van der Waals surface area contributed by atoms with Gasteiger partial charge in [0.2, 0.25) is 11.8 Å². The summed E-state index contributed by atoms with van der Waals surface area (Å²) >= 11 is 0. The van der Waals surface area contributed by atoms with E-state index in [1.54, 1.807) is 7.11 Å². The molecule has 2 amide bonds. The molecular weight excluding hydrogens is 280 g/mol. The van der Waals surface area contributed by atoms with Gasteiger partial charge in [0.05, 0.1) is 11.8 Å². The van der Waals surface area contributed by atoms with Crippen molar-refractivity contribution in [2.24, 2.45) is 11.8 Å². The number of methoxy groups -OCH3 is 1. The minimum Gasteiger partial charge on any atom is -0.385 e. The molecule has 5 heteroatoms. The van der Waals surface area contributed by atoms with E-state index in [1.807, 2.05) is 0 Å². The van der Waals surface area contributed by atoms with Crippen LogP contribution in [0.15, 0.2) is 11.6 Å². The van der Waals surface area contributed by atoms with E-state index in [9.17, 15) is 9.59 Å². The zero-order valence-electron chi connectivity index (χ0n) is 13.5. The molecule has 0 aromatic heterocycles. The lowest BCUT2D eigenvalue weighted by Crippen LogP contribution is -2.31. The van der Waals surface area contributed by atoms with Crippen molar-refractivity contribution in [2.45, 2.75) is 44.9 Å². The number of carbonyl (C=O) groups is 2. The molecule has 22 heavy (non-hydrogen) atoms. The molecule has 0 aliphatic heterocycles. The summed E-state index contributed by atoms with van der Waals surface area (Å²) in [6.45, 7) is 1.96. The van der Waals surface area contributed by atoms with Crippen LogP contribution in [0.5, 0.6) is 0 Å². The summed E-state index contributed by atoms with van der Waals surface area (Å²) in [6, 6.07) is 0. The Morgan fingerprint density at radius 2 is 1.91 bits per heavy atom. The maximum Gasteiger partial charge on any atom is 0.223 e. The fourth-order valence-electron chi connectivity index (χ4n) is 2.94. The third-order valence-corrected chi connectivity index (χ3v) is 4.42. The lowest BCUT2D eigenvalue weighted by atomic mass is 9.97. The minimum atomic E-state index is -0.128. The van der Waals surface area contributed by atoms with Gasteiger partial charge in [0.15, 0.2) is 0 Å². The highest BCUT2D eigenvalue weighted by molar-refractivity contribution is 5.92. The normalized spacial score (nSPS) is 23.6. The Balaban J connectivity index is 1.57. The van der Waals surface area contributed by atoms with Crippen LogP contribution < -0.4 is 10.6 Å². The number of ether oxygens (including phenoxy) is 1. The topological polar surface area (TPSA) is 67.4 Å². The highest BCUT2D eigenvalue weighted by atomic mass is 16.5. The van der Waals surface area contributed by atoms with Gasteiger partial charge in [0.1, 0.15) is 0 Å². The van der Waals surface area contributed by atoms with Gasteiger partial charge in [-0.25, -0.2) is 0 Å². The van der Waals surface area contributed by atoms with Crippen LogP contribution >= 0.6 is 0 Å². The quantitative estimate of drug-likeness (QED) is 0.504. The standard InChI is InChI=1S/C17H28N2O3/c1-22-11-5-9-18-16(20)14-12-15(14)17(21)19-10-8-13-6-3-2-4-7-13/h6,14-15H,2-5,7-12H2,1H3,(H,18,20)(H,19,21). The molecule has 5 nitrogen and oxygen atoms in total. The Hall–Kier alpha value is -1.36. The molecule has 1 saturated carbocycles. The molecule has 2 N–H and O–H groups in total. The molecule has 0 aromatic rings. The molecule has 0 aromatic carbocycles. The molecule has 2 aliphatic carbocycles. The monoisotopic (exact) mass is 308 g/mol. The van der Waals surface area contributed by atoms with Crippen molar-refractivity contribution in [2.75, 3.05) is 26.8 Å². The Morgan fingerprint density at radius 1 is 1.18 bits per heavy atom. The summed E-state index contributed by atoms with van der Waals surface area (Å²) in [5.41, 5.74) is 1.47. The number of amides is 2. The predicted octanol–water partition coefficient (Wildman–Crippen LogP) is 1.78. The third-order valence-electron chi connectivity index (χ3n) is 4.42. The molecule has 0 spiro atoms. The maximum atomic E-state index is 12.0. The largest absolute Gasteiger partial charge is 0.385 e. The second kappa shape index (κ2) is 8.93. The van der Waals surface area contributed by atoms with Crippen molar-refractivity contribution in [3.8, 4) is 0 Å². The van der Waals surface area contributed by atoms with Crippen LogP contribution in [0.2, 0.25) is 0 Å². The SMILES string of the molecule is COCCCNC(=O)C1CC1C(=O)NCCC1=CCCCC1. The van der Waals surface area contributed by atoms with Crippen LogP contribution in [-0.4, -0.2) is 38.6 Å². The number of hydrogen-bond donors (Lipinski definition) is 2. The van der Waals surface area contributed by atoms with Crippen LogP contribution in [0.25, 0.3) is 0 Å². The van der Waals surface area contributed by atoms with Gasteiger partial charge in [-0.2, -0.15) is 0 Å². The zero-order chi connectivity index (χ0) is 15.8. The van der Waals surface area contributed by atoms with E-state index in [0.717, 1.165) is 12.8 Å². The van der Waals surface area contributed by atoms with Gasteiger partial charge < -0.3 is 15.4 Å². The summed E-state index contributed by atoms with van der Waals surface area (Å²) in [7, 11) is 1.65. The molecule has 0 radical (unpaired) electrons. The van der Waals surface area contributed by atoms with Crippen molar-refractivity contribution in [1.82, 2.24) is 10.6 Å². The van der Waals surface area contributed by atoms with E-state index in [0.29, 0.717) is 26.1 Å². The molecule has 124 valence electrons. The average Bonchev–Trinajstić information content (AvgIpc) is 3.33. The first-order valence-corrected chi connectivity index (χ1v) is 8.44. The van der Waals surface area contributed by atoms with Crippen LogP contribution in [0.4, 0.5) is 0 Å². The summed E-state index contributed by atoms with van der Waals surface area (Å²) in [6.07, 6.45) is 9.66. The van der Waals surface area contributed by atoms with E-state index in [-0.39, 0.29) is 23.7 Å². The lowest BCUT2D eigenvalue weighted by molar-refractivity contribution is -0.127. The highest BCUT2D eigenvalue weighted by Crippen LogP contribution is 2.38. The Labute approximate surface area is 132 Å². The number of carbonyl (C=O) groups excluding carboxylic acids is 2. The molecule has 2 aliphatic rings. The fourth-order valence-corrected chi connectivity index (χ4v) is 2.94. The van der Waals surface area contributed by atoms with Gasteiger partial charge in [-0.1, -0.05) is 11.6 Å². The Bertz CT molecular complexity index is 420. The summed E-state index contributed by atoms with van der Waals surface area (Å²) in [5, 5.41) is 5.84. The Kier molecular flexibility index (Phi) is 6.90. The Morgan fingerprint density at radius 3 is 2.55 bits per heavy atom. The van der Waals surface area contributed by atoms with Crippen molar-refractivity contribution in [3.63, 3.8) is 0 Å². The molecule has 2 rings (SSSR count). The van der Waals surface area contributed by atoms with E-state index >= 15 is 0 Å². The van der Waals surface area contributed by atoms with Gasteiger partial charge in [0, 0.05) is 26.8 Å². The van der Waals surface area contributed by atoms with Crippen LogP contribution in [0.3, 0.4) is 0 Å². The van der Waals surface area contributed by atoms with E-state index in [1.165, 1.54) is 31.3 Å². The molecule has 0 heterocycles.